The maximum atomic E-state index is 13.6. The molecular weight excluding hydrogens is 347 g/mol. The smallest absolute Gasteiger partial charge is 0.260 e. The lowest BCUT2D eigenvalue weighted by Gasteiger charge is -2.20. The van der Waals surface area contributed by atoms with Crippen molar-refractivity contribution in [1.82, 2.24) is 4.98 Å². The Balaban J connectivity index is 1.77. The number of hydrogen-bond acceptors (Lipinski definition) is 3. The van der Waals surface area contributed by atoms with Crippen LogP contribution in [0, 0.1) is 5.82 Å². The van der Waals surface area contributed by atoms with E-state index < -0.39 is 5.82 Å². The van der Waals surface area contributed by atoms with Crippen LogP contribution in [0.3, 0.4) is 0 Å². The van der Waals surface area contributed by atoms with Gasteiger partial charge in [0, 0.05) is 5.56 Å². The zero-order chi connectivity index (χ0) is 17.9. The molecule has 4 aromatic rings. The quantitative estimate of drug-likeness (QED) is 0.495. The number of benzene rings is 3. The molecule has 0 saturated carbocycles. The number of rotatable bonds is 4. The van der Waals surface area contributed by atoms with Crippen molar-refractivity contribution in [3.8, 4) is 0 Å². The maximum Gasteiger partial charge on any atom is 0.260 e. The van der Waals surface area contributed by atoms with Crippen LogP contribution in [0.25, 0.3) is 10.2 Å². The number of hydrogen-bond donors (Lipinski definition) is 0. The minimum atomic E-state index is -0.431. The number of nitrogens with zero attached hydrogens (tertiary/aromatic N) is 2. The van der Waals surface area contributed by atoms with Gasteiger partial charge in [0.25, 0.3) is 5.91 Å². The summed E-state index contributed by atoms with van der Waals surface area (Å²) in [7, 11) is 0. The zero-order valence-electron chi connectivity index (χ0n) is 13.8. The molecule has 128 valence electrons. The number of aromatic nitrogens is 1. The summed E-state index contributed by atoms with van der Waals surface area (Å²) in [5.41, 5.74) is 2.13. The number of anilines is 1. The monoisotopic (exact) mass is 362 g/mol. The van der Waals surface area contributed by atoms with Crippen molar-refractivity contribution < 1.29 is 9.18 Å². The van der Waals surface area contributed by atoms with Crippen LogP contribution in [0.1, 0.15) is 15.9 Å². The van der Waals surface area contributed by atoms with Crippen molar-refractivity contribution in [2.24, 2.45) is 0 Å². The van der Waals surface area contributed by atoms with E-state index in [1.807, 2.05) is 54.6 Å². The van der Waals surface area contributed by atoms with Crippen LogP contribution in [-0.2, 0) is 6.54 Å². The van der Waals surface area contributed by atoms with E-state index in [1.54, 1.807) is 17.0 Å². The Morgan fingerprint density at radius 2 is 1.73 bits per heavy atom. The lowest BCUT2D eigenvalue weighted by atomic mass is 10.1. The molecule has 0 aliphatic carbocycles. The molecule has 3 aromatic carbocycles. The molecule has 0 N–H and O–H groups in total. The van der Waals surface area contributed by atoms with Crippen LogP contribution < -0.4 is 4.90 Å². The van der Waals surface area contributed by atoms with Crippen molar-refractivity contribution in [3.05, 3.63) is 95.8 Å². The molecule has 4 rings (SSSR count). The van der Waals surface area contributed by atoms with E-state index in [4.69, 9.17) is 0 Å². The second-order valence-corrected chi connectivity index (χ2v) is 6.86. The highest BCUT2D eigenvalue weighted by Gasteiger charge is 2.22. The first-order chi connectivity index (χ1) is 12.7. The van der Waals surface area contributed by atoms with E-state index >= 15 is 0 Å². The van der Waals surface area contributed by atoms with E-state index in [1.165, 1.54) is 23.5 Å². The number of carbonyl (C=O) groups excluding carboxylic acids is 1. The lowest BCUT2D eigenvalue weighted by Crippen LogP contribution is -2.30. The Labute approximate surface area is 154 Å². The first-order valence-corrected chi connectivity index (χ1v) is 8.99. The van der Waals surface area contributed by atoms with E-state index in [2.05, 4.69) is 4.98 Å². The van der Waals surface area contributed by atoms with Gasteiger partial charge in [0.15, 0.2) is 5.13 Å². The summed E-state index contributed by atoms with van der Waals surface area (Å²) >= 11 is 1.45. The molecule has 0 saturated heterocycles. The topological polar surface area (TPSA) is 33.2 Å². The van der Waals surface area contributed by atoms with Gasteiger partial charge in [0.2, 0.25) is 0 Å². The Kier molecular flexibility index (Phi) is 4.46. The molecule has 1 heterocycles. The fourth-order valence-corrected chi connectivity index (χ4v) is 3.71. The van der Waals surface area contributed by atoms with Crippen LogP contribution >= 0.6 is 11.3 Å². The zero-order valence-corrected chi connectivity index (χ0v) is 14.6. The molecule has 0 bridgehead atoms. The van der Waals surface area contributed by atoms with Crippen molar-refractivity contribution in [1.29, 1.82) is 0 Å². The molecule has 0 aliphatic rings. The molecule has 1 amide bonds. The van der Waals surface area contributed by atoms with E-state index in [9.17, 15) is 9.18 Å². The summed E-state index contributed by atoms with van der Waals surface area (Å²) in [4.78, 5) is 19.3. The summed E-state index contributed by atoms with van der Waals surface area (Å²) in [6, 6.07) is 23.2. The van der Waals surface area contributed by atoms with E-state index in [-0.39, 0.29) is 5.91 Å². The molecule has 3 nitrogen and oxygen atoms in total. The van der Waals surface area contributed by atoms with Gasteiger partial charge in [0.1, 0.15) is 5.82 Å². The van der Waals surface area contributed by atoms with Gasteiger partial charge in [-0.3, -0.25) is 9.69 Å². The van der Waals surface area contributed by atoms with E-state index in [0.29, 0.717) is 17.2 Å². The summed E-state index contributed by atoms with van der Waals surface area (Å²) in [5.74, 6) is -0.702. The molecule has 0 radical (unpaired) electrons. The Hall–Kier alpha value is -3.05. The molecule has 0 fully saturated rings. The summed E-state index contributed by atoms with van der Waals surface area (Å²) < 4.78 is 14.6. The van der Waals surface area contributed by atoms with Crippen LogP contribution in [-0.4, -0.2) is 10.9 Å². The van der Waals surface area contributed by atoms with Crippen LogP contribution in [0.15, 0.2) is 78.9 Å². The normalized spacial score (nSPS) is 10.8. The van der Waals surface area contributed by atoms with E-state index in [0.717, 1.165) is 15.8 Å². The molecule has 0 aliphatic heterocycles. The largest absolute Gasteiger partial charge is 0.279 e. The second-order valence-electron chi connectivity index (χ2n) is 5.85. The van der Waals surface area contributed by atoms with Gasteiger partial charge < -0.3 is 0 Å². The van der Waals surface area contributed by atoms with Crippen LogP contribution in [0.4, 0.5) is 9.52 Å². The SMILES string of the molecule is O=C(c1cccc(F)c1)N(Cc1ccccc1)c1nc2ccccc2s1. The fourth-order valence-electron chi connectivity index (χ4n) is 2.75. The predicted molar refractivity (Wildman–Crippen MR) is 103 cm³/mol. The van der Waals surface area contributed by atoms with Gasteiger partial charge in [-0.05, 0) is 35.9 Å². The average molecular weight is 362 g/mol. The van der Waals surface area contributed by atoms with Crippen LogP contribution in [0.5, 0.6) is 0 Å². The molecule has 1 aromatic heterocycles. The summed E-state index contributed by atoms with van der Waals surface area (Å²) in [6.07, 6.45) is 0. The Bertz CT molecular complexity index is 1030. The maximum absolute atomic E-state index is 13.6. The molecule has 0 unspecified atom stereocenters. The number of carbonyl (C=O) groups is 1. The Morgan fingerprint density at radius 1 is 0.962 bits per heavy atom. The first-order valence-electron chi connectivity index (χ1n) is 8.17. The Morgan fingerprint density at radius 3 is 2.50 bits per heavy atom. The lowest BCUT2D eigenvalue weighted by molar-refractivity contribution is 0.0984. The van der Waals surface area contributed by atoms with Gasteiger partial charge in [-0.25, -0.2) is 9.37 Å². The number of fused-ring (bicyclic) bond motifs is 1. The van der Waals surface area contributed by atoms with Crippen molar-refractivity contribution >= 4 is 32.6 Å². The minimum Gasteiger partial charge on any atom is -0.279 e. The summed E-state index contributed by atoms with van der Waals surface area (Å²) in [5, 5.41) is 0.601. The fraction of sp³-hybridized carbons (Fsp3) is 0.0476. The van der Waals surface area contributed by atoms with Gasteiger partial charge in [-0.1, -0.05) is 59.9 Å². The van der Waals surface area contributed by atoms with Crippen molar-refractivity contribution in [3.63, 3.8) is 0 Å². The third-order valence-corrected chi connectivity index (χ3v) is 5.07. The predicted octanol–water partition coefficient (Wildman–Crippen LogP) is 5.28. The van der Waals surface area contributed by atoms with Gasteiger partial charge in [-0.2, -0.15) is 0 Å². The highest BCUT2D eigenvalue weighted by Crippen LogP contribution is 2.30. The number of halogens is 1. The molecule has 5 heteroatoms. The second kappa shape index (κ2) is 7.06. The highest BCUT2D eigenvalue weighted by molar-refractivity contribution is 7.22. The van der Waals surface area contributed by atoms with Gasteiger partial charge in [0.05, 0.1) is 16.8 Å². The number of thiazole rings is 1. The standard InChI is InChI=1S/C21H15FN2OS/c22-17-10-6-9-16(13-17)20(25)24(14-15-7-2-1-3-8-15)21-23-18-11-4-5-12-19(18)26-21/h1-13H,14H2. The summed E-state index contributed by atoms with van der Waals surface area (Å²) in [6.45, 7) is 0.371. The molecule has 0 spiro atoms. The van der Waals surface area contributed by atoms with Gasteiger partial charge >= 0.3 is 0 Å². The van der Waals surface area contributed by atoms with Crippen LogP contribution in [0.2, 0.25) is 0 Å². The van der Waals surface area contributed by atoms with Crippen molar-refractivity contribution in [2.75, 3.05) is 4.90 Å². The molecule has 0 atom stereocenters. The number of amides is 1. The molecular formula is C21H15FN2OS. The minimum absolute atomic E-state index is 0.271. The first kappa shape index (κ1) is 16.4. The highest BCUT2D eigenvalue weighted by atomic mass is 32.1. The molecule has 26 heavy (non-hydrogen) atoms. The van der Waals surface area contributed by atoms with Gasteiger partial charge in [-0.15, -0.1) is 0 Å². The number of para-hydroxylation sites is 1. The third kappa shape index (κ3) is 3.34. The average Bonchev–Trinajstić information content (AvgIpc) is 3.10. The van der Waals surface area contributed by atoms with Crippen molar-refractivity contribution in [2.45, 2.75) is 6.54 Å². The third-order valence-electron chi connectivity index (χ3n) is 4.01.